The van der Waals surface area contributed by atoms with Crippen LogP contribution in [0.2, 0.25) is 0 Å². The van der Waals surface area contributed by atoms with Crippen LogP contribution in [0.4, 0.5) is 0 Å². The van der Waals surface area contributed by atoms with Crippen LogP contribution in [-0.2, 0) is 19.1 Å². The SMILES string of the molecule is CCCN1CC=C[C@H]2O[C@]34C=CCN(C(C)C)C(=O)C3N(CCCCCCO)C(=O)[C@@H]4[C@H]2C1=O. The maximum atomic E-state index is 14.0. The molecule has 188 valence electrons. The Morgan fingerprint density at radius 2 is 1.79 bits per heavy atom. The predicted molar refractivity (Wildman–Crippen MR) is 128 cm³/mol. The quantitative estimate of drug-likeness (QED) is 0.407. The molecule has 0 aromatic rings. The Balaban J connectivity index is 1.71. The number of rotatable bonds is 9. The highest BCUT2D eigenvalue weighted by atomic mass is 16.5. The number of carbonyl (C=O) groups is 3. The van der Waals surface area contributed by atoms with Gasteiger partial charge >= 0.3 is 0 Å². The molecule has 0 aromatic heterocycles. The Bertz CT molecular complexity index is 855. The van der Waals surface area contributed by atoms with Crippen LogP contribution in [0.1, 0.15) is 52.9 Å². The van der Waals surface area contributed by atoms with E-state index in [1.54, 1.807) is 9.80 Å². The molecule has 2 fully saturated rings. The molecule has 0 radical (unpaired) electrons. The van der Waals surface area contributed by atoms with Gasteiger partial charge in [0, 0.05) is 38.8 Å². The molecular weight excluding hydrogens is 434 g/mol. The second-order valence-electron chi connectivity index (χ2n) is 10.2. The molecule has 4 aliphatic heterocycles. The van der Waals surface area contributed by atoms with Crippen molar-refractivity contribution in [2.24, 2.45) is 11.8 Å². The summed E-state index contributed by atoms with van der Waals surface area (Å²) in [6.45, 7) is 8.21. The lowest BCUT2D eigenvalue weighted by molar-refractivity contribution is -0.149. The molecule has 0 aliphatic carbocycles. The number of unbranched alkanes of at least 4 members (excludes halogenated alkanes) is 3. The van der Waals surface area contributed by atoms with Gasteiger partial charge in [0.25, 0.3) is 0 Å². The molecule has 0 saturated carbocycles. The van der Waals surface area contributed by atoms with E-state index in [1.165, 1.54) is 0 Å². The van der Waals surface area contributed by atoms with E-state index in [4.69, 9.17) is 9.84 Å². The average Bonchev–Trinajstić information content (AvgIpc) is 3.11. The fourth-order valence-corrected chi connectivity index (χ4v) is 6.13. The van der Waals surface area contributed by atoms with E-state index in [0.717, 1.165) is 32.1 Å². The van der Waals surface area contributed by atoms with Gasteiger partial charge in [-0.1, -0.05) is 44.1 Å². The minimum Gasteiger partial charge on any atom is -0.396 e. The monoisotopic (exact) mass is 473 g/mol. The molecule has 5 atom stereocenters. The van der Waals surface area contributed by atoms with Crippen LogP contribution in [0.25, 0.3) is 0 Å². The topological polar surface area (TPSA) is 90.4 Å². The zero-order valence-electron chi connectivity index (χ0n) is 20.7. The fourth-order valence-electron chi connectivity index (χ4n) is 6.13. The number of amides is 3. The van der Waals surface area contributed by atoms with E-state index < -0.39 is 29.6 Å². The summed E-state index contributed by atoms with van der Waals surface area (Å²) in [4.78, 5) is 46.8. The van der Waals surface area contributed by atoms with E-state index >= 15 is 0 Å². The molecule has 1 spiro atoms. The van der Waals surface area contributed by atoms with E-state index in [0.29, 0.717) is 26.2 Å². The minimum atomic E-state index is -1.13. The number of likely N-dealkylation sites (tertiary alicyclic amines) is 1. The fraction of sp³-hybridized carbons (Fsp3) is 0.731. The molecule has 4 rings (SSSR count). The summed E-state index contributed by atoms with van der Waals surface area (Å²) in [5, 5.41) is 9.07. The first-order valence-electron chi connectivity index (χ1n) is 12.9. The highest BCUT2D eigenvalue weighted by Crippen LogP contribution is 2.53. The summed E-state index contributed by atoms with van der Waals surface area (Å²) >= 11 is 0. The normalized spacial score (nSPS) is 32.9. The molecule has 0 aromatic carbocycles. The summed E-state index contributed by atoms with van der Waals surface area (Å²) in [5.74, 6) is -1.64. The van der Waals surface area contributed by atoms with Gasteiger partial charge in [0.2, 0.25) is 17.7 Å². The maximum absolute atomic E-state index is 14.0. The van der Waals surface area contributed by atoms with E-state index in [9.17, 15) is 14.4 Å². The highest BCUT2D eigenvalue weighted by molar-refractivity contribution is 5.99. The standard InChI is InChI=1S/C26H39N3O5/c1-4-13-27-14-9-11-19-20(23(27)31)21-24(32)29(15-7-5-6-8-17-30)22-25(33)28(18(2)3)16-10-12-26(21,22)34-19/h9-12,18-22,30H,4-8,13-17H2,1-3H3/t19-,20+,21+,22?,26+/m1/s1. The number of carbonyl (C=O) groups excluding carboxylic acids is 3. The van der Waals surface area contributed by atoms with Crippen LogP contribution in [0.3, 0.4) is 0 Å². The lowest BCUT2D eigenvalue weighted by atomic mass is 9.77. The predicted octanol–water partition coefficient (Wildman–Crippen LogP) is 1.74. The Labute approximate surface area is 202 Å². The van der Waals surface area contributed by atoms with Crippen LogP contribution in [0.15, 0.2) is 24.3 Å². The van der Waals surface area contributed by atoms with Gasteiger partial charge in [-0.05, 0) is 33.1 Å². The second kappa shape index (κ2) is 10.2. The minimum absolute atomic E-state index is 0.0127. The van der Waals surface area contributed by atoms with Crippen LogP contribution in [0.5, 0.6) is 0 Å². The molecule has 4 heterocycles. The van der Waals surface area contributed by atoms with Crippen LogP contribution in [-0.4, -0.2) is 94.1 Å². The smallest absolute Gasteiger partial charge is 0.249 e. The third-order valence-electron chi connectivity index (χ3n) is 7.70. The average molecular weight is 474 g/mol. The third kappa shape index (κ3) is 4.09. The molecule has 4 aliphatic rings. The van der Waals surface area contributed by atoms with Gasteiger partial charge in [0.1, 0.15) is 11.6 Å². The van der Waals surface area contributed by atoms with Crippen molar-refractivity contribution in [1.82, 2.24) is 14.7 Å². The van der Waals surface area contributed by atoms with Crippen molar-refractivity contribution in [3.63, 3.8) is 0 Å². The first kappa shape index (κ1) is 24.9. The van der Waals surface area contributed by atoms with Gasteiger partial charge in [-0.3, -0.25) is 14.4 Å². The van der Waals surface area contributed by atoms with E-state index in [-0.39, 0.29) is 30.4 Å². The third-order valence-corrected chi connectivity index (χ3v) is 7.70. The van der Waals surface area contributed by atoms with Crippen LogP contribution >= 0.6 is 0 Å². The zero-order chi connectivity index (χ0) is 24.5. The number of hydrogen-bond acceptors (Lipinski definition) is 5. The summed E-state index contributed by atoms with van der Waals surface area (Å²) in [6.07, 6.45) is 11.3. The van der Waals surface area contributed by atoms with Crippen molar-refractivity contribution in [1.29, 1.82) is 0 Å². The van der Waals surface area contributed by atoms with Gasteiger partial charge in [0.15, 0.2) is 0 Å². The van der Waals surface area contributed by atoms with Crippen molar-refractivity contribution >= 4 is 17.7 Å². The summed E-state index contributed by atoms with van der Waals surface area (Å²) in [7, 11) is 0. The largest absolute Gasteiger partial charge is 0.396 e. The van der Waals surface area contributed by atoms with Gasteiger partial charge < -0.3 is 24.5 Å². The highest BCUT2D eigenvalue weighted by Gasteiger charge is 2.71. The first-order valence-corrected chi connectivity index (χ1v) is 12.9. The van der Waals surface area contributed by atoms with E-state index in [2.05, 4.69) is 0 Å². The molecule has 34 heavy (non-hydrogen) atoms. The maximum Gasteiger partial charge on any atom is 0.249 e. The number of nitrogens with zero attached hydrogens (tertiary/aromatic N) is 3. The Morgan fingerprint density at radius 3 is 2.50 bits per heavy atom. The summed E-state index contributed by atoms with van der Waals surface area (Å²) in [6, 6.07) is -0.780. The van der Waals surface area contributed by atoms with Crippen molar-refractivity contribution < 1.29 is 24.2 Å². The Hall–Kier alpha value is -2.19. The zero-order valence-corrected chi connectivity index (χ0v) is 20.7. The lowest BCUT2D eigenvalue weighted by Crippen LogP contribution is -2.56. The number of fused-ring (bicyclic) bond motifs is 2. The van der Waals surface area contributed by atoms with Crippen molar-refractivity contribution in [2.45, 2.75) is 76.7 Å². The second-order valence-corrected chi connectivity index (χ2v) is 10.2. The molecule has 8 nitrogen and oxygen atoms in total. The lowest BCUT2D eigenvalue weighted by Gasteiger charge is -2.36. The Kier molecular flexibility index (Phi) is 7.48. The molecule has 3 amide bonds. The van der Waals surface area contributed by atoms with Crippen molar-refractivity contribution in [3.8, 4) is 0 Å². The number of ether oxygens (including phenoxy) is 1. The molecule has 2 saturated heterocycles. The summed E-state index contributed by atoms with van der Waals surface area (Å²) < 4.78 is 6.62. The van der Waals surface area contributed by atoms with Crippen LogP contribution in [0, 0.1) is 11.8 Å². The first-order chi connectivity index (χ1) is 16.4. The van der Waals surface area contributed by atoms with Crippen molar-refractivity contribution in [2.75, 3.05) is 32.8 Å². The number of aliphatic hydroxyl groups is 1. The molecule has 8 heteroatoms. The molecule has 1 N–H and O–H groups in total. The number of hydrogen-bond donors (Lipinski definition) is 1. The van der Waals surface area contributed by atoms with Crippen LogP contribution < -0.4 is 0 Å². The molecule has 1 unspecified atom stereocenters. The van der Waals surface area contributed by atoms with Gasteiger partial charge in [0.05, 0.1) is 17.9 Å². The van der Waals surface area contributed by atoms with E-state index in [1.807, 2.05) is 50.0 Å². The molecular formula is C26H39N3O5. The van der Waals surface area contributed by atoms with Gasteiger partial charge in [-0.2, -0.15) is 0 Å². The van der Waals surface area contributed by atoms with Gasteiger partial charge in [-0.25, -0.2) is 0 Å². The Morgan fingerprint density at radius 1 is 1.03 bits per heavy atom. The molecule has 0 bridgehead atoms. The summed E-state index contributed by atoms with van der Waals surface area (Å²) in [5.41, 5.74) is -1.13. The number of aliphatic hydroxyl groups excluding tert-OH is 1. The van der Waals surface area contributed by atoms with Crippen molar-refractivity contribution in [3.05, 3.63) is 24.3 Å². The van der Waals surface area contributed by atoms with Gasteiger partial charge in [-0.15, -0.1) is 0 Å².